The molecule has 1 aliphatic rings. The van der Waals surface area contributed by atoms with E-state index in [9.17, 15) is 4.79 Å². The fraction of sp³-hybridized carbons (Fsp3) is 0.500. The fourth-order valence-corrected chi connectivity index (χ4v) is 2.21. The van der Waals surface area contributed by atoms with Gasteiger partial charge in [-0.25, -0.2) is 0 Å². The van der Waals surface area contributed by atoms with Crippen molar-refractivity contribution in [3.63, 3.8) is 0 Å². The van der Waals surface area contributed by atoms with Crippen LogP contribution in [-0.2, 0) is 4.74 Å². The summed E-state index contributed by atoms with van der Waals surface area (Å²) in [6.45, 7) is 3.09. The Kier molecular flexibility index (Phi) is 4.63. The topological polar surface area (TPSA) is 53.6 Å². The van der Waals surface area contributed by atoms with Gasteiger partial charge in [-0.3, -0.25) is 4.79 Å². The van der Waals surface area contributed by atoms with Crippen LogP contribution in [0.3, 0.4) is 0 Å². The number of para-hydroxylation sites is 1. The van der Waals surface area contributed by atoms with Gasteiger partial charge in [0.05, 0.1) is 16.9 Å². The first-order chi connectivity index (χ1) is 9.24. The molecule has 0 radical (unpaired) electrons. The second-order valence-corrected chi connectivity index (χ2v) is 4.65. The molecule has 0 unspecified atom stereocenters. The van der Waals surface area contributed by atoms with Gasteiger partial charge in [0, 0.05) is 40.4 Å². The van der Waals surface area contributed by atoms with E-state index in [-0.39, 0.29) is 5.91 Å². The summed E-state index contributed by atoms with van der Waals surface area (Å²) < 4.78 is 5.01. The van der Waals surface area contributed by atoms with Gasteiger partial charge in [-0.2, -0.15) is 0 Å². The van der Waals surface area contributed by atoms with E-state index >= 15 is 0 Å². The number of methoxy groups -OCH3 is 1. The number of hydrogen-bond donors (Lipinski definition) is 2. The summed E-state index contributed by atoms with van der Waals surface area (Å²) in [6.07, 6.45) is 0.847. The molecule has 2 rings (SSSR count). The van der Waals surface area contributed by atoms with Gasteiger partial charge in [0.15, 0.2) is 0 Å². The van der Waals surface area contributed by atoms with Gasteiger partial charge in [0.1, 0.15) is 0 Å². The zero-order chi connectivity index (χ0) is 13.7. The summed E-state index contributed by atoms with van der Waals surface area (Å²) in [7, 11) is 3.50. The standard InChI is InChI=1S/C14H21N3O2/c1-17(9-4-10-19-2)14(18)11-5-3-6-12-13(11)16-8-7-15-12/h3,5-6,15-16H,4,7-10H2,1-2H3. The van der Waals surface area contributed by atoms with Crippen molar-refractivity contribution in [2.75, 3.05) is 51.0 Å². The van der Waals surface area contributed by atoms with Crippen LogP contribution in [0.25, 0.3) is 0 Å². The van der Waals surface area contributed by atoms with E-state index < -0.39 is 0 Å². The molecule has 0 fully saturated rings. The fourth-order valence-electron chi connectivity index (χ4n) is 2.21. The highest BCUT2D eigenvalue weighted by atomic mass is 16.5. The largest absolute Gasteiger partial charge is 0.385 e. The summed E-state index contributed by atoms with van der Waals surface area (Å²) in [5.74, 6) is 0.0455. The van der Waals surface area contributed by atoms with Gasteiger partial charge in [0.25, 0.3) is 5.91 Å². The minimum Gasteiger partial charge on any atom is -0.385 e. The summed E-state index contributed by atoms with van der Waals surface area (Å²) in [4.78, 5) is 14.2. The van der Waals surface area contributed by atoms with Gasteiger partial charge in [-0.05, 0) is 18.6 Å². The molecule has 1 aliphatic heterocycles. The molecule has 0 saturated carbocycles. The van der Waals surface area contributed by atoms with Crippen molar-refractivity contribution in [1.29, 1.82) is 0 Å². The van der Waals surface area contributed by atoms with E-state index in [1.165, 1.54) is 0 Å². The Morgan fingerprint density at radius 2 is 2.16 bits per heavy atom. The first-order valence-corrected chi connectivity index (χ1v) is 6.59. The number of nitrogens with one attached hydrogen (secondary N) is 2. The van der Waals surface area contributed by atoms with Crippen molar-refractivity contribution in [3.8, 4) is 0 Å². The van der Waals surface area contributed by atoms with Gasteiger partial charge in [-0.1, -0.05) is 6.07 Å². The van der Waals surface area contributed by atoms with E-state index in [1.54, 1.807) is 12.0 Å². The number of anilines is 2. The number of fused-ring (bicyclic) bond motifs is 1. The third-order valence-corrected chi connectivity index (χ3v) is 3.23. The number of rotatable bonds is 5. The Bertz CT molecular complexity index is 448. The molecule has 1 heterocycles. The van der Waals surface area contributed by atoms with Gasteiger partial charge in [0.2, 0.25) is 0 Å². The van der Waals surface area contributed by atoms with Crippen LogP contribution in [0.4, 0.5) is 11.4 Å². The van der Waals surface area contributed by atoms with E-state index in [0.717, 1.165) is 36.4 Å². The lowest BCUT2D eigenvalue weighted by Crippen LogP contribution is -2.30. The van der Waals surface area contributed by atoms with Crippen LogP contribution in [0.5, 0.6) is 0 Å². The highest BCUT2D eigenvalue weighted by Gasteiger charge is 2.19. The number of nitrogens with zero attached hydrogens (tertiary/aromatic N) is 1. The highest BCUT2D eigenvalue weighted by Crippen LogP contribution is 2.28. The molecule has 0 spiro atoms. The molecule has 5 nitrogen and oxygen atoms in total. The van der Waals surface area contributed by atoms with Gasteiger partial charge < -0.3 is 20.3 Å². The molecule has 1 aromatic carbocycles. The molecule has 5 heteroatoms. The van der Waals surface area contributed by atoms with Crippen molar-refractivity contribution in [1.82, 2.24) is 4.90 Å². The molecule has 0 aliphatic carbocycles. The first-order valence-electron chi connectivity index (χ1n) is 6.59. The lowest BCUT2D eigenvalue weighted by Gasteiger charge is -2.24. The Labute approximate surface area is 113 Å². The Hall–Kier alpha value is -1.75. The maximum atomic E-state index is 12.4. The number of amides is 1. The summed E-state index contributed by atoms with van der Waals surface area (Å²) in [5, 5.41) is 6.60. The first kappa shape index (κ1) is 13.7. The minimum absolute atomic E-state index is 0.0455. The molecule has 0 saturated heterocycles. The third kappa shape index (κ3) is 3.17. The van der Waals surface area contributed by atoms with Gasteiger partial charge >= 0.3 is 0 Å². The van der Waals surface area contributed by atoms with E-state index in [0.29, 0.717) is 13.2 Å². The lowest BCUT2D eigenvalue weighted by atomic mass is 10.1. The number of carbonyl (C=O) groups excluding carboxylic acids is 1. The molecular formula is C14H21N3O2. The second kappa shape index (κ2) is 6.43. The minimum atomic E-state index is 0.0455. The average Bonchev–Trinajstić information content (AvgIpc) is 2.46. The van der Waals surface area contributed by atoms with Crippen LogP contribution < -0.4 is 10.6 Å². The van der Waals surface area contributed by atoms with Crippen molar-refractivity contribution >= 4 is 17.3 Å². The number of benzene rings is 1. The molecule has 19 heavy (non-hydrogen) atoms. The van der Waals surface area contributed by atoms with E-state index in [2.05, 4.69) is 10.6 Å². The molecular weight excluding hydrogens is 242 g/mol. The lowest BCUT2D eigenvalue weighted by molar-refractivity contribution is 0.0780. The Morgan fingerprint density at radius 3 is 2.95 bits per heavy atom. The summed E-state index contributed by atoms with van der Waals surface area (Å²) >= 11 is 0. The van der Waals surface area contributed by atoms with Crippen LogP contribution in [0, 0.1) is 0 Å². The zero-order valence-corrected chi connectivity index (χ0v) is 11.5. The Morgan fingerprint density at radius 1 is 1.37 bits per heavy atom. The molecule has 104 valence electrons. The van der Waals surface area contributed by atoms with Crippen LogP contribution in [0.1, 0.15) is 16.8 Å². The normalized spacial score (nSPS) is 13.2. The van der Waals surface area contributed by atoms with E-state index in [1.807, 2.05) is 25.2 Å². The SMILES string of the molecule is COCCCN(C)C(=O)c1cccc2c1NCCN2. The predicted octanol–water partition coefficient (Wildman–Crippen LogP) is 1.63. The number of hydrogen-bond acceptors (Lipinski definition) is 4. The van der Waals surface area contributed by atoms with Crippen LogP contribution in [-0.4, -0.2) is 51.2 Å². The summed E-state index contributed by atoms with van der Waals surface area (Å²) in [6, 6.07) is 5.77. The third-order valence-electron chi connectivity index (χ3n) is 3.23. The van der Waals surface area contributed by atoms with Gasteiger partial charge in [-0.15, -0.1) is 0 Å². The van der Waals surface area contributed by atoms with E-state index in [4.69, 9.17) is 4.74 Å². The maximum Gasteiger partial charge on any atom is 0.255 e. The predicted molar refractivity (Wildman–Crippen MR) is 76.9 cm³/mol. The molecule has 0 atom stereocenters. The van der Waals surface area contributed by atoms with Crippen LogP contribution in [0.2, 0.25) is 0 Å². The van der Waals surface area contributed by atoms with Crippen molar-refractivity contribution in [3.05, 3.63) is 23.8 Å². The molecule has 2 N–H and O–H groups in total. The Balaban J connectivity index is 2.10. The molecule has 0 aromatic heterocycles. The highest BCUT2D eigenvalue weighted by molar-refractivity contribution is 6.02. The van der Waals surface area contributed by atoms with Crippen molar-refractivity contribution in [2.24, 2.45) is 0 Å². The van der Waals surface area contributed by atoms with Crippen molar-refractivity contribution < 1.29 is 9.53 Å². The number of ether oxygens (including phenoxy) is 1. The molecule has 1 aromatic rings. The quantitative estimate of drug-likeness (QED) is 0.793. The summed E-state index contributed by atoms with van der Waals surface area (Å²) in [5.41, 5.74) is 2.64. The number of carbonyl (C=O) groups is 1. The molecule has 1 amide bonds. The van der Waals surface area contributed by atoms with Crippen LogP contribution >= 0.6 is 0 Å². The van der Waals surface area contributed by atoms with Crippen molar-refractivity contribution in [2.45, 2.75) is 6.42 Å². The average molecular weight is 263 g/mol. The zero-order valence-electron chi connectivity index (χ0n) is 11.5. The second-order valence-electron chi connectivity index (χ2n) is 4.65. The molecule has 0 bridgehead atoms. The maximum absolute atomic E-state index is 12.4. The van der Waals surface area contributed by atoms with Crippen LogP contribution in [0.15, 0.2) is 18.2 Å². The monoisotopic (exact) mass is 263 g/mol. The smallest absolute Gasteiger partial charge is 0.255 e.